The van der Waals surface area contributed by atoms with Crippen LogP contribution in [0.1, 0.15) is 48.6 Å². The fraction of sp³-hybridized carbons (Fsp3) is 0.471. The second kappa shape index (κ2) is 6.40. The molecule has 23 heavy (non-hydrogen) atoms. The van der Waals surface area contributed by atoms with Crippen LogP contribution in [0.25, 0.3) is 0 Å². The molecule has 0 spiro atoms. The van der Waals surface area contributed by atoms with Crippen LogP contribution in [0.5, 0.6) is 0 Å². The Kier molecular flexibility index (Phi) is 4.32. The van der Waals surface area contributed by atoms with Gasteiger partial charge in [0.25, 0.3) is 0 Å². The lowest BCUT2D eigenvalue weighted by Crippen LogP contribution is -2.27. The summed E-state index contributed by atoms with van der Waals surface area (Å²) < 4.78 is 0. The maximum Gasteiger partial charge on any atom is 0.220 e. The monoisotopic (exact) mass is 313 g/mol. The van der Waals surface area contributed by atoms with Crippen molar-refractivity contribution in [2.75, 3.05) is 5.32 Å². The lowest BCUT2D eigenvalue weighted by Gasteiger charge is -2.26. The molecule has 1 aliphatic rings. The van der Waals surface area contributed by atoms with E-state index in [1.807, 2.05) is 19.1 Å². The highest BCUT2D eigenvalue weighted by atomic mass is 16.1. The molecule has 0 unspecified atom stereocenters. The Morgan fingerprint density at radius 2 is 1.91 bits per heavy atom. The van der Waals surface area contributed by atoms with Gasteiger partial charge in [-0.1, -0.05) is 0 Å². The van der Waals surface area contributed by atoms with Crippen molar-refractivity contribution in [2.45, 2.75) is 45.4 Å². The molecule has 0 saturated heterocycles. The highest BCUT2D eigenvalue weighted by molar-refractivity contribution is 5.76. The zero-order valence-corrected chi connectivity index (χ0v) is 13.6. The smallest absolute Gasteiger partial charge is 0.220 e. The summed E-state index contributed by atoms with van der Waals surface area (Å²) in [4.78, 5) is 16.0. The van der Waals surface area contributed by atoms with E-state index in [9.17, 15) is 4.79 Å². The number of amides is 1. The third-order valence-electron chi connectivity index (χ3n) is 4.50. The first kappa shape index (κ1) is 15.5. The van der Waals surface area contributed by atoms with Crippen molar-refractivity contribution in [3.8, 4) is 0 Å². The number of primary amides is 1. The zero-order valence-electron chi connectivity index (χ0n) is 13.6. The van der Waals surface area contributed by atoms with Gasteiger partial charge in [-0.05, 0) is 57.2 Å². The molecule has 0 aliphatic heterocycles. The SMILES string of the molecule is Cc1cc(Nc2cc(C)[nH]n2)nc(C2CCC(C(N)=O)CC2)c1. The number of nitrogens with one attached hydrogen (secondary N) is 2. The lowest BCUT2D eigenvalue weighted by molar-refractivity contribution is -0.122. The molecule has 0 atom stereocenters. The molecule has 1 saturated carbocycles. The molecule has 0 aromatic carbocycles. The van der Waals surface area contributed by atoms with Gasteiger partial charge in [0.15, 0.2) is 5.82 Å². The van der Waals surface area contributed by atoms with Gasteiger partial charge in [0, 0.05) is 29.3 Å². The van der Waals surface area contributed by atoms with Crippen LogP contribution < -0.4 is 11.1 Å². The summed E-state index contributed by atoms with van der Waals surface area (Å²) in [6.07, 6.45) is 3.64. The number of hydrogen-bond acceptors (Lipinski definition) is 4. The highest BCUT2D eigenvalue weighted by Crippen LogP contribution is 2.35. The van der Waals surface area contributed by atoms with Gasteiger partial charge in [0.05, 0.1) is 0 Å². The van der Waals surface area contributed by atoms with Gasteiger partial charge in [-0.2, -0.15) is 5.10 Å². The van der Waals surface area contributed by atoms with E-state index in [1.165, 1.54) is 5.56 Å². The van der Waals surface area contributed by atoms with E-state index in [0.29, 0.717) is 5.92 Å². The topological polar surface area (TPSA) is 96.7 Å². The van der Waals surface area contributed by atoms with Crippen molar-refractivity contribution in [2.24, 2.45) is 11.7 Å². The fourth-order valence-electron chi connectivity index (χ4n) is 3.25. The Labute approximate surface area is 135 Å². The molecule has 6 nitrogen and oxygen atoms in total. The fourth-order valence-corrected chi connectivity index (χ4v) is 3.25. The van der Waals surface area contributed by atoms with Gasteiger partial charge in [-0.25, -0.2) is 4.98 Å². The third-order valence-corrected chi connectivity index (χ3v) is 4.50. The van der Waals surface area contributed by atoms with Gasteiger partial charge >= 0.3 is 0 Å². The molecule has 2 aromatic rings. The first-order chi connectivity index (χ1) is 11.0. The molecule has 0 radical (unpaired) electrons. The summed E-state index contributed by atoms with van der Waals surface area (Å²) in [6, 6.07) is 6.10. The lowest BCUT2D eigenvalue weighted by atomic mass is 9.80. The summed E-state index contributed by atoms with van der Waals surface area (Å²) in [6.45, 7) is 4.03. The number of nitrogens with two attached hydrogens (primary N) is 1. The normalized spacial score (nSPS) is 21.1. The molecule has 2 aromatic heterocycles. The number of H-pyrrole nitrogens is 1. The summed E-state index contributed by atoms with van der Waals surface area (Å²) in [5, 5.41) is 10.3. The number of hydrogen-bond donors (Lipinski definition) is 3. The Bertz CT molecular complexity index is 701. The van der Waals surface area contributed by atoms with E-state index in [0.717, 1.165) is 48.7 Å². The quantitative estimate of drug-likeness (QED) is 0.808. The molecule has 3 rings (SSSR count). The largest absolute Gasteiger partial charge is 0.369 e. The van der Waals surface area contributed by atoms with E-state index in [4.69, 9.17) is 10.7 Å². The van der Waals surface area contributed by atoms with Gasteiger partial charge in [-0.15, -0.1) is 0 Å². The van der Waals surface area contributed by atoms with Crippen LogP contribution in [0.2, 0.25) is 0 Å². The summed E-state index contributed by atoms with van der Waals surface area (Å²) >= 11 is 0. The van der Waals surface area contributed by atoms with Gasteiger partial charge in [-0.3, -0.25) is 9.89 Å². The number of rotatable bonds is 4. The number of carbonyl (C=O) groups excluding carboxylic acids is 1. The van der Waals surface area contributed by atoms with E-state index in [2.05, 4.69) is 28.5 Å². The average molecular weight is 313 g/mol. The standard InChI is InChI=1S/C17H23N5O/c1-10-7-14(12-3-5-13(6-4-12)17(18)23)19-15(8-10)20-16-9-11(2)21-22-16/h7-9,12-13H,3-6H2,1-2H3,(H2,18,23)(H2,19,20,21,22). The van der Waals surface area contributed by atoms with Gasteiger partial charge < -0.3 is 11.1 Å². The summed E-state index contributed by atoms with van der Waals surface area (Å²) in [7, 11) is 0. The molecule has 1 fully saturated rings. The van der Waals surface area contributed by atoms with E-state index in [-0.39, 0.29) is 11.8 Å². The number of anilines is 2. The zero-order chi connectivity index (χ0) is 16.4. The van der Waals surface area contributed by atoms with Crippen molar-refractivity contribution >= 4 is 17.5 Å². The van der Waals surface area contributed by atoms with Gasteiger partial charge in [0.1, 0.15) is 5.82 Å². The van der Waals surface area contributed by atoms with Crippen molar-refractivity contribution in [3.05, 3.63) is 35.2 Å². The van der Waals surface area contributed by atoms with Crippen LogP contribution in [0.15, 0.2) is 18.2 Å². The van der Waals surface area contributed by atoms with Crippen LogP contribution in [0.3, 0.4) is 0 Å². The van der Waals surface area contributed by atoms with Gasteiger partial charge in [0.2, 0.25) is 5.91 Å². The van der Waals surface area contributed by atoms with Crippen molar-refractivity contribution in [3.63, 3.8) is 0 Å². The maximum absolute atomic E-state index is 11.3. The molecule has 1 amide bonds. The predicted octanol–water partition coefficient (Wildman–Crippen LogP) is 2.92. The molecule has 6 heteroatoms. The number of nitrogens with zero attached hydrogens (tertiary/aromatic N) is 2. The van der Waals surface area contributed by atoms with Crippen molar-refractivity contribution in [1.29, 1.82) is 0 Å². The number of carbonyl (C=O) groups is 1. The van der Waals surface area contributed by atoms with Crippen LogP contribution in [-0.2, 0) is 4.79 Å². The minimum absolute atomic E-state index is 0.0284. The second-order valence-corrected chi connectivity index (χ2v) is 6.47. The van der Waals surface area contributed by atoms with Crippen LogP contribution in [-0.4, -0.2) is 21.1 Å². The minimum Gasteiger partial charge on any atom is -0.369 e. The highest BCUT2D eigenvalue weighted by Gasteiger charge is 2.26. The second-order valence-electron chi connectivity index (χ2n) is 6.47. The Balaban J connectivity index is 1.74. The summed E-state index contributed by atoms with van der Waals surface area (Å²) in [5.74, 6) is 1.83. The molecular formula is C17H23N5O. The minimum atomic E-state index is -0.170. The van der Waals surface area contributed by atoms with E-state index < -0.39 is 0 Å². The number of aromatic nitrogens is 3. The third kappa shape index (κ3) is 3.70. The Morgan fingerprint density at radius 3 is 2.52 bits per heavy atom. The average Bonchev–Trinajstić information content (AvgIpc) is 2.92. The van der Waals surface area contributed by atoms with E-state index >= 15 is 0 Å². The van der Waals surface area contributed by atoms with Crippen molar-refractivity contribution < 1.29 is 4.79 Å². The van der Waals surface area contributed by atoms with Crippen LogP contribution in [0, 0.1) is 19.8 Å². The molecule has 0 bridgehead atoms. The predicted molar refractivity (Wildman–Crippen MR) is 89.5 cm³/mol. The molecular weight excluding hydrogens is 290 g/mol. The van der Waals surface area contributed by atoms with Crippen molar-refractivity contribution in [1.82, 2.24) is 15.2 Å². The number of aromatic amines is 1. The maximum atomic E-state index is 11.3. The Hall–Kier alpha value is -2.37. The molecule has 1 aliphatic carbocycles. The molecule has 2 heterocycles. The van der Waals surface area contributed by atoms with Crippen LogP contribution >= 0.6 is 0 Å². The molecule has 4 N–H and O–H groups in total. The van der Waals surface area contributed by atoms with E-state index in [1.54, 1.807) is 0 Å². The first-order valence-electron chi connectivity index (χ1n) is 8.08. The first-order valence-corrected chi connectivity index (χ1v) is 8.08. The Morgan fingerprint density at radius 1 is 1.17 bits per heavy atom. The molecule has 122 valence electrons. The number of pyridine rings is 1. The summed E-state index contributed by atoms with van der Waals surface area (Å²) in [5.41, 5.74) is 8.67. The number of aryl methyl sites for hydroxylation is 2. The van der Waals surface area contributed by atoms with Crippen LogP contribution in [0.4, 0.5) is 11.6 Å².